The number of primary amides is 1. The van der Waals surface area contributed by atoms with Gasteiger partial charge in [-0.05, 0) is 42.6 Å². The van der Waals surface area contributed by atoms with Gasteiger partial charge in [0, 0.05) is 6.42 Å². The van der Waals surface area contributed by atoms with Crippen molar-refractivity contribution in [3.8, 4) is 0 Å². The number of nitrogens with two attached hydrogens (primary N) is 1. The molecular formula is C13H17FN2O. The minimum atomic E-state index is -0.399. The highest BCUT2D eigenvalue weighted by Gasteiger charge is 2.39. The standard InChI is InChI=1S/C13H17FN2O/c1-2-16-13(8-12(15)17)6-5-9-7-10(14)3-4-11(9)13/h3-4,7,16H,2,5-6,8H2,1H3,(H2,15,17). The minimum Gasteiger partial charge on any atom is -0.370 e. The van der Waals surface area contributed by atoms with E-state index >= 15 is 0 Å². The lowest BCUT2D eigenvalue weighted by Crippen LogP contribution is -2.43. The third kappa shape index (κ3) is 2.17. The molecule has 92 valence electrons. The molecule has 0 saturated carbocycles. The molecule has 1 amide bonds. The Hall–Kier alpha value is -1.42. The first kappa shape index (κ1) is 12.0. The van der Waals surface area contributed by atoms with Gasteiger partial charge >= 0.3 is 0 Å². The van der Waals surface area contributed by atoms with Crippen molar-refractivity contribution in [2.24, 2.45) is 5.73 Å². The van der Waals surface area contributed by atoms with E-state index in [0.717, 1.165) is 30.5 Å². The minimum absolute atomic E-state index is 0.227. The Kier molecular flexibility index (Phi) is 3.15. The molecule has 1 aromatic carbocycles. The van der Waals surface area contributed by atoms with Gasteiger partial charge in [0.2, 0.25) is 5.91 Å². The zero-order valence-corrected chi connectivity index (χ0v) is 9.92. The number of aryl methyl sites for hydroxylation is 1. The second kappa shape index (κ2) is 4.45. The lowest BCUT2D eigenvalue weighted by atomic mass is 9.88. The molecule has 0 radical (unpaired) electrons. The maximum absolute atomic E-state index is 13.2. The predicted octanol–water partition coefficient (Wildman–Crippen LogP) is 1.45. The predicted molar refractivity (Wildman–Crippen MR) is 63.9 cm³/mol. The van der Waals surface area contributed by atoms with E-state index in [-0.39, 0.29) is 18.1 Å². The van der Waals surface area contributed by atoms with Crippen LogP contribution in [-0.2, 0) is 16.8 Å². The summed E-state index contributed by atoms with van der Waals surface area (Å²) in [6.07, 6.45) is 1.84. The van der Waals surface area contributed by atoms with E-state index in [1.165, 1.54) is 6.07 Å². The Morgan fingerprint density at radius 2 is 2.35 bits per heavy atom. The van der Waals surface area contributed by atoms with Crippen LogP contribution in [-0.4, -0.2) is 12.5 Å². The average molecular weight is 236 g/mol. The summed E-state index contributed by atoms with van der Waals surface area (Å²) in [6.45, 7) is 2.74. The SMILES string of the molecule is CCNC1(CC(N)=O)CCc2cc(F)ccc21. The van der Waals surface area contributed by atoms with Crippen LogP contribution in [0.4, 0.5) is 4.39 Å². The van der Waals surface area contributed by atoms with Crippen LogP contribution in [0.1, 0.15) is 30.9 Å². The van der Waals surface area contributed by atoms with Crippen molar-refractivity contribution in [2.75, 3.05) is 6.54 Å². The molecule has 2 rings (SSSR count). The number of hydrogen-bond acceptors (Lipinski definition) is 2. The van der Waals surface area contributed by atoms with Crippen molar-refractivity contribution < 1.29 is 9.18 Å². The summed E-state index contributed by atoms with van der Waals surface area (Å²) < 4.78 is 13.2. The number of nitrogens with one attached hydrogen (secondary N) is 1. The van der Waals surface area contributed by atoms with Gasteiger partial charge in [-0.25, -0.2) is 4.39 Å². The summed E-state index contributed by atoms with van der Waals surface area (Å²) in [7, 11) is 0. The van der Waals surface area contributed by atoms with Gasteiger partial charge in [0.25, 0.3) is 0 Å². The van der Waals surface area contributed by atoms with Crippen LogP contribution in [0.3, 0.4) is 0 Å². The second-order valence-corrected chi connectivity index (χ2v) is 4.56. The highest BCUT2D eigenvalue weighted by molar-refractivity contribution is 5.76. The maximum Gasteiger partial charge on any atom is 0.219 e. The maximum atomic E-state index is 13.2. The van der Waals surface area contributed by atoms with Gasteiger partial charge < -0.3 is 11.1 Å². The Bertz CT molecular complexity index is 447. The van der Waals surface area contributed by atoms with Gasteiger partial charge in [0.05, 0.1) is 5.54 Å². The Balaban J connectivity index is 2.41. The van der Waals surface area contributed by atoms with Crippen LogP contribution < -0.4 is 11.1 Å². The molecular weight excluding hydrogens is 219 g/mol. The number of hydrogen-bond donors (Lipinski definition) is 2. The Morgan fingerprint density at radius 1 is 1.59 bits per heavy atom. The zero-order chi connectivity index (χ0) is 12.5. The number of halogens is 1. The molecule has 0 bridgehead atoms. The first-order valence-electron chi connectivity index (χ1n) is 5.89. The number of carbonyl (C=O) groups is 1. The summed E-state index contributed by atoms with van der Waals surface area (Å²) in [6, 6.07) is 4.76. The van der Waals surface area contributed by atoms with E-state index in [0.29, 0.717) is 0 Å². The van der Waals surface area contributed by atoms with Crippen LogP contribution in [0.15, 0.2) is 18.2 Å². The molecule has 1 unspecified atom stereocenters. The van der Waals surface area contributed by atoms with Crippen LogP contribution in [0.2, 0.25) is 0 Å². The zero-order valence-electron chi connectivity index (χ0n) is 9.92. The van der Waals surface area contributed by atoms with Crippen LogP contribution in [0.25, 0.3) is 0 Å². The quantitative estimate of drug-likeness (QED) is 0.831. The van der Waals surface area contributed by atoms with Crippen molar-refractivity contribution in [2.45, 2.75) is 31.7 Å². The fraction of sp³-hybridized carbons (Fsp3) is 0.462. The lowest BCUT2D eigenvalue weighted by molar-refractivity contribution is -0.119. The number of rotatable bonds is 4. The largest absolute Gasteiger partial charge is 0.370 e. The number of fused-ring (bicyclic) bond motifs is 1. The number of amides is 1. The fourth-order valence-electron chi connectivity index (χ4n) is 2.78. The Labute approximate surface area is 100 Å². The topological polar surface area (TPSA) is 55.1 Å². The van der Waals surface area contributed by atoms with E-state index < -0.39 is 5.54 Å². The van der Waals surface area contributed by atoms with E-state index in [1.807, 2.05) is 6.92 Å². The van der Waals surface area contributed by atoms with Crippen LogP contribution in [0, 0.1) is 5.82 Å². The monoisotopic (exact) mass is 236 g/mol. The van der Waals surface area contributed by atoms with Crippen LogP contribution in [0.5, 0.6) is 0 Å². The molecule has 1 aromatic rings. The summed E-state index contributed by atoms with van der Waals surface area (Å²) in [5.41, 5.74) is 6.91. The molecule has 0 aromatic heterocycles. The van der Waals surface area contributed by atoms with E-state index in [9.17, 15) is 9.18 Å². The molecule has 1 aliphatic rings. The highest BCUT2D eigenvalue weighted by atomic mass is 19.1. The molecule has 0 saturated heterocycles. The molecule has 0 spiro atoms. The summed E-state index contributed by atoms with van der Waals surface area (Å²) in [4.78, 5) is 11.2. The van der Waals surface area contributed by atoms with E-state index in [4.69, 9.17) is 5.73 Å². The summed E-state index contributed by atoms with van der Waals surface area (Å²) in [5.74, 6) is -0.557. The van der Waals surface area contributed by atoms with E-state index in [2.05, 4.69) is 5.32 Å². The first-order valence-corrected chi connectivity index (χ1v) is 5.89. The van der Waals surface area contributed by atoms with Crippen molar-refractivity contribution in [1.82, 2.24) is 5.32 Å². The van der Waals surface area contributed by atoms with Crippen molar-refractivity contribution in [3.05, 3.63) is 35.1 Å². The second-order valence-electron chi connectivity index (χ2n) is 4.56. The summed E-state index contributed by atoms with van der Waals surface area (Å²) >= 11 is 0. The molecule has 4 heteroatoms. The fourth-order valence-corrected chi connectivity index (χ4v) is 2.78. The van der Waals surface area contributed by atoms with Gasteiger partial charge in [-0.2, -0.15) is 0 Å². The lowest BCUT2D eigenvalue weighted by Gasteiger charge is -2.30. The third-order valence-electron chi connectivity index (χ3n) is 3.40. The van der Waals surface area contributed by atoms with Crippen molar-refractivity contribution >= 4 is 5.91 Å². The number of benzene rings is 1. The molecule has 3 nitrogen and oxygen atoms in total. The van der Waals surface area contributed by atoms with Gasteiger partial charge in [0.1, 0.15) is 5.82 Å². The van der Waals surface area contributed by atoms with Crippen LogP contribution >= 0.6 is 0 Å². The molecule has 3 N–H and O–H groups in total. The van der Waals surface area contributed by atoms with E-state index in [1.54, 1.807) is 12.1 Å². The van der Waals surface area contributed by atoms with Gasteiger partial charge in [-0.3, -0.25) is 4.79 Å². The first-order chi connectivity index (χ1) is 8.07. The molecule has 0 fully saturated rings. The molecule has 1 atom stereocenters. The summed E-state index contributed by atoms with van der Waals surface area (Å²) in [5, 5.41) is 3.34. The smallest absolute Gasteiger partial charge is 0.219 e. The molecule has 0 heterocycles. The molecule has 0 aliphatic heterocycles. The van der Waals surface area contributed by atoms with Gasteiger partial charge in [0.15, 0.2) is 0 Å². The van der Waals surface area contributed by atoms with Gasteiger partial charge in [-0.15, -0.1) is 0 Å². The normalized spacial score (nSPS) is 22.5. The Morgan fingerprint density at radius 3 is 3.00 bits per heavy atom. The van der Waals surface area contributed by atoms with Crippen molar-refractivity contribution in [1.29, 1.82) is 0 Å². The average Bonchev–Trinajstić information content (AvgIpc) is 2.56. The molecule has 17 heavy (non-hydrogen) atoms. The number of carbonyl (C=O) groups excluding carboxylic acids is 1. The third-order valence-corrected chi connectivity index (χ3v) is 3.40. The highest BCUT2D eigenvalue weighted by Crippen LogP contribution is 2.39. The van der Waals surface area contributed by atoms with Crippen molar-refractivity contribution in [3.63, 3.8) is 0 Å². The molecule has 1 aliphatic carbocycles. The van der Waals surface area contributed by atoms with Gasteiger partial charge in [-0.1, -0.05) is 13.0 Å².